The van der Waals surface area contributed by atoms with Crippen LogP contribution in [0.5, 0.6) is 5.75 Å². The molecule has 1 aromatic rings. The van der Waals surface area contributed by atoms with Crippen molar-refractivity contribution >= 4 is 40.4 Å². The van der Waals surface area contributed by atoms with Gasteiger partial charge in [-0.1, -0.05) is 23.2 Å². The predicted octanol–water partition coefficient (Wildman–Crippen LogP) is 0.583. The molecule has 0 amide bonds. The van der Waals surface area contributed by atoms with Crippen molar-refractivity contribution in [2.24, 2.45) is 4.99 Å². The van der Waals surface area contributed by atoms with Crippen molar-refractivity contribution in [3.8, 4) is 5.75 Å². The molecular weight excluding hydrogens is 284 g/mol. The van der Waals surface area contributed by atoms with E-state index in [0.29, 0.717) is 11.4 Å². The summed E-state index contributed by atoms with van der Waals surface area (Å²) >= 11 is 11.5. The second kappa shape index (κ2) is 6.55. The van der Waals surface area contributed by atoms with Gasteiger partial charge in [0.1, 0.15) is 0 Å². The van der Waals surface area contributed by atoms with Crippen molar-refractivity contribution in [2.45, 2.75) is 0 Å². The van der Waals surface area contributed by atoms with Crippen molar-refractivity contribution in [1.29, 1.82) is 0 Å². The summed E-state index contributed by atoms with van der Waals surface area (Å²) in [5.74, 6) is -0.243. The third-order valence-corrected chi connectivity index (χ3v) is 2.67. The average Bonchev–Trinajstić information content (AvgIpc) is 2.29. The van der Waals surface area contributed by atoms with Gasteiger partial charge < -0.3 is 6.53 Å². The van der Waals surface area contributed by atoms with E-state index in [2.05, 4.69) is 4.99 Å². The SMILES string of the molecule is O=C1C=CC(=Nc2cc(Cl)c(O)c(Cl)c2)C=C1.[H-].[Na+]. The van der Waals surface area contributed by atoms with Crippen molar-refractivity contribution in [1.82, 2.24) is 0 Å². The topological polar surface area (TPSA) is 49.7 Å². The fourth-order valence-corrected chi connectivity index (χ4v) is 1.76. The zero-order valence-electron chi connectivity index (χ0n) is 10.5. The Kier molecular flexibility index (Phi) is 5.63. The summed E-state index contributed by atoms with van der Waals surface area (Å²) in [6.45, 7) is 0. The number of aromatic hydroxyl groups is 1. The van der Waals surface area contributed by atoms with Gasteiger partial charge in [-0.15, -0.1) is 0 Å². The molecule has 18 heavy (non-hydrogen) atoms. The summed E-state index contributed by atoms with van der Waals surface area (Å²) < 4.78 is 0. The Morgan fingerprint density at radius 2 is 1.56 bits per heavy atom. The second-order valence-corrected chi connectivity index (χ2v) is 4.18. The quantitative estimate of drug-likeness (QED) is 0.608. The minimum absolute atomic E-state index is 0. The standard InChI is InChI=1S/C12H7Cl2NO2.Na.H/c13-10-5-8(6-11(14)12(10)17)15-7-1-3-9(16)4-2-7;;/h1-6,17H;;/q;+1;-1. The number of phenols is 1. The Morgan fingerprint density at radius 1 is 1.06 bits per heavy atom. The molecule has 1 aromatic carbocycles. The largest absolute Gasteiger partial charge is 1.00 e. The first-order valence-electron chi connectivity index (χ1n) is 4.73. The first kappa shape index (κ1) is 15.5. The monoisotopic (exact) mass is 291 g/mol. The second-order valence-electron chi connectivity index (χ2n) is 3.36. The zero-order chi connectivity index (χ0) is 12.4. The number of hydrogen-bond acceptors (Lipinski definition) is 3. The number of nitrogens with zero attached hydrogens (tertiary/aromatic N) is 1. The van der Waals surface area contributed by atoms with Crippen LogP contribution in [0.3, 0.4) is 0 Å². The maximum Gasteiger partial charge on any atom is 1.00 e. The van der Waals surface area contributed by atoms with Crippen molar-refractivity contribution in [2.75, 3.05) is 0 Å². The van der Waals surface area contributed by atoms with Gasteiger partial charge >= 0.3 is 29.6 Å². The van der Waals surface area contributed by atoms with Crippen molar-refractivity contribution in [3.63, 3.8) is 0 Å². The van der Waals surface area contributed by atoms with Gasteiger partial charge in [-0.25, -0.2) is 4.99 Å². The Morgan fingerprint density at radius 3 is 2.06 bits per heavy atom. The molecule has 0 saturated carbocycles. The van der Waals surface area contributed by atoms with Crippen LogP contribution in [0, 0.1) is 0 Å². The molecule has 0 radical (unpaired) electrons. The molecule has 2 rings (SSSR count). The molecule has 0 atom stereocenters. The minimum Gasteiger partial charge on any atom is -1.00 e. The molecule has 0 fully saturated rings. The van der Waals surface area contributed by atoms with E-state index in [-0.39, 0.29) is 52.6 Å². The van der Waals surface area contributed by atoms with Gasteiger partial charge in [-0.05, 0) is 36.4 Å². The number of phenolic OH excluding ortho intramolecular Hbond substituents is 1. The number of allylic oxidation sites excluding steroid dienone is 4. The summed E-state index contributed by atoms with van der Waals surface area (Å²) in [5.41, 5.74) is 1.12. The Labute approximate surface area is 138 Å². The molecule has 0 bridgehead atoms. The molecule has 1 aliphatic rings. The number of hydrogen-bond donors (Lipinski definition) is 1. The predicted molar refractivity (Wildman–Crippen MR) is 69.6 cm³/mol. The molecular formula is C12H8Cl2NNaO2. The van der Waals surface area contributed by atoms with E-state index in [1.54, 1.807) is 12.2 Å². The van der Waals surface area contributed by atoms with Crippen LogP contribution in [0.4, 0.5) is 5.69 Å². The summed E-state index contributed by atoms with van der Waals surface area (Å²) in [4.78, 5) is 15.1. The first-order chi connectivity index (χ1) is 8.06. The Hall–Kier alpha value is -0.580. The normalized spacial score (nSPS) is 13.4. The molecule has 0 aliphatic heterocycles. The number of ketones is 1. The number of aliphatic imine (C=N–C) groups is 1. The molecule has 0 unspecified atom stereocenters. The molecule has 0 heterocycles. The summed E-state index contributed by atoms with van der Waals surface area (Å²) in [5, 5.41) is 9.66. The van der Waals surface area contributed by atoms with Crippen LogP contribution < -0.4 is 29.6 Å². The number of carbonyl (C=O) groups excluding carboxylic acids is 1. The maximum atomic E-state index is 10.9. The fourth-order valence-electron chi connectivity index (χ4n) is 1.29. The van der Waals surface area contributed by atoms with Gasteiger partial charge in [0.2, 0.25) is 0 Å². The smallest absolute Gasteiger partial charge is 1.00 e. The van der Waals surface area contributed by atoms with Crippen molar-refractivity contribution < 1.29 is 40.9 Å². The van der Waals surface area contributed by atoms with Crippen LogP contribution in [0.25, 0.3) is 0 Å². The van der Waals surface area contributed by atoms with Crippen LogP contribution >= 0.6 is 23.2 Å². The van der Waals surface area contributed by atoms with E-state index in [4.69, 9.17) is 23.2 Å². The van der Waals surface area contributed by atoms with Gasteiger partial charge in [-0.3, -0.25) is 4.79 Å². The van der Waals surface area contributed by atoms with Gasteiger partial charge in [0.05, 0.1) is 21.4 Å². The van der Waals surface area contributed by atoms with Gasteiger partial charge in [0, 0.05) is 0 Å². The number of carbonyl (C=O) groups is 1. The third kappa shape index (κ3) is 3.70. The average molecular weight is 292 g/mol. The van der Waals surface area contributed by atoms with E-state index >= 15 is 0 Å². The molecule has 6 heteroatoms. The van der Waals surface area contributed by atoms with Crippen LogP contribution in [-0.4, -0.2) is 16.6 Å². The maximum absolute atomic E-state index is 10.9. The molecule has 0 aromatic heterocycles. The van der Waals surface area contributed by atoms with Crippen molar-refractivity contribution in [3.05, 3.63) is 46.5 Å². The Balaban J connectivity index is 0.00000162. The molecule has 88 valence electrons. The first-order valence-corrected chi connectivity index (χ1v) is 5.48. The number of rotatable bonds is 1. The van der Waals surface area contributed by atoms with Crippen LogP contribution in [0.1, 0.15) is 1.43 Å². The minimum atomic E-state index is -0.165. The van der Waals surface area contributed by atoms with E-state index in [1.165, 1.54) is 24.3 Å². The molecule has 1 aliphatic carbocycles. The summed E-state index contributed by atoms with van der Waals surface area (Å²) in [7, 11) is 0. The summed E-state index contributed by atoms with van der Waals surface area (Å²) in [6.07, 6.45) is 6.03. The third-order valence-electron chi connectivity index (χ3n) is 2.10. The zero-order valence-corrected chi connectivity index (χ0v) is 13.0. The fraction of sp³-hybridized carbons (Fsp3) is 0. The van der Waals surface area contributed by atoms with Gasteiger partial charge in [-0.2, -0.15) is 0 Å². The Bertz CT molecular complexity index is 544. The van der Waals surface area contributed by atoms with E-state index in [1.807, 2.05) is 0 Å². The number of benzene rings is 1. The van der Waals surface area contributed by atoms with Gasteiger partial charge in [0.15, 0.2) is 11.5 Å². The number of halogens is 2. The van der Waals surface area contributed by atoms with Crippen LogP contribution in [-0.2, 0) is 4.79 Å². The molecule has 0 saturated heterocycles. The van der Waals surface area contributed by atoms with E-state index in [9.17, 15) is 9.90 Å². The van der Waals surface area contributed by atoms with Crippen LogP contribution in [0.15, 0.2) is 41.4 Å². The molecule has 3 nitrogen and oxygen atoms in total. The molecule has 0 spiro atoms. The molecule has 1 N–H and O–H groups in total. The van der Waals surface area contributed by atoms with Crippen LogP contribution in [0.2, 0.25) is 10.0 Å². The van der Waals surface area contributed by atoms with E-state index < -0.39 is 0 Å². The summed E-state index contributed by atoms with van der Waals surface area (Å²) in [6, 6.07) is 2.99. The van der Waals surface area contributed by atoms with E-state index in [0.717, 1.165) is 0 Å². The van der Waals surface area contributed by atoms with Gasteiger partial charge in [0.25, 0.3) is 0 Å².